The van der Waals surface area contributed by atoms with Crippen molar-refractivity contribution in [3.63, 3.8) is 0 Å². The number of amides is 2. The lowest BCUT2D eigenvalue weighted by Crippen LogP contribution is -2.81. The smallest absolute Gasteiger partial charge is 0.328 e. The van der Waals surface area contributed by atoms with E-state index in [1.165, 1.54) is 21.1 Å². The standard InChI is InChI=1S/C62H87N5O15/c1-9-41(82-51(35-68)78-7)36-81-50(70)20-14-19-49(69)64-38(4)52(71)80-28-16-24-63-56(73)62(76)54-60(23-27-67-25-15-22-59(11-3,53(60)67)55(62)72)45-30-46(48(77-6)31-47(45)65(54)5)61(57(74)79-8)33-39-32-58(75,10-2)37-66(34-39)26-21-43-42-18-13-12-17-40(42)29-44(43)61/h12-13,15,17-18,22,30-31,38-39,41,51,53-55,68,72,75-76H,9-11,14,16,19-21,23-29,32-37H2,1-8H3,(H,63,73)(H,64,69)/t38-,39?,41?,51?,53?,54?,55-,58?,59-,60-,61-,62+/m1/s1. The highest BCUT2D eigenvalue weighted by molar-refractivity contribution is 5.96. The number of esters is 3. The van der Waals surface area contributed by atoms with Gasteiger partial charge in [-0.1, -0.05) is 57.2 Å². The predicted octanol–water partition coefficient (Wildman–Crippen LogP) is 3.60. The van der Waals surface area contributed by atoms with Gasteiger partial charge in [0.05, 0.1) is 45.2 Å². The summed E-state index contributed by atoms with van der Waals surface area (Å²) in [7, 11) is 6.28. The van der Waals surface area contributed by atoms with Gasteiger partial charge in [-0.25, -0.2) is 4.79 Å². The Morgan fingerprint density at radius 2 is 1.71 bits per heavy atom. The molecule has 9 rings (SSSR count). The predicted molar refractivity (Wildman–Crippen MR) is 303 cm³/mol. The third-order valence-electron chi connectivity index (χ3n) is 19.6. The second kappa shape index (κ2) is 24.6. The van der Waals surface area contributed by atoms with E-state index < -0.39 is 87.8 Å². The molecule has 0 radical (unpaired) electrons. The first kappa shape index (κ1) is 61.1. The van der Waals surface area contributed by atoms with Crippen LogP contribution in [0.5, 0.6) is 5.75 Å². The average molecular weight is 1140 g/mol. The van der Waals surface area contributed by atoms with E-state index in [2.05, 4.69) is 38.6 Å². The minimum Gasteiger partial charge on any atom is -0.496 e. The molecule has 1 saturated carbocycles. The van der Waals surface area contributed by atoms with Gasteiger partial charge in [-0.15, -0.1) is 0 Å². The highest BCUT2D eigenvalue weighted by atomic mass is 16.7. The Morgan fingerprint density at radius 3 is 2.41 bits per heavy atom. The molecule has 6 unspecified atom stereocenters. The molecule has 6 N–H and O–H groups in total. The van der Waals surface area contributed by atoms with E-state index in [0.29, 0.717) is 101 Å². The third-order valence-corrected chi connectivity index (χ3v) is 19.6. The van der Waals surface area contributed by atoms with Crippen LogP contribution in [0.25, 0.3) is 5.57 Å². The Bertz CT molecular complexity index is 2790. The number of aliphatic hydroxyl groups is 4. The molecular weight excluding hydrogens is 1050 g/mol. The van der Waals surface area contributed by atoms with Crippen LogP contribution in [0, 0.1) is 11.3 Å². The van der Waals surface area contributed by atoms with Gasteiger partial charge in [0, 0.05) is 93.9 Å². The summed E-state index contributed by atoms with van der Waals surface area (Å²) >= 11 is 0. The molecule has 2 aromatic rings. The normalized spacial score (nSPS) is 31.6. The summed E-state index contributed by atoms with van der Waals surface area (Å²) in [4.78, 5) is 75.6. The lowest BCUT2D eigenvalue weighted by atomic mass is 9.47. The van der Waals surface area contributed by atoms with Crippen LogP contribution in [0.2, 0.25) is 0 Å². The average Bonchev–Trinajstić information content (AvgIpc) is 1.54. The summed E-state index contributed by atoms with van der Waals surface area (Å²) < 4.78 is 33.8. The Labute approximate surface area is 481 Å². The molecule has 2 bridgehead atoms. The van der Waals surface area contributed by atoms with Crippen molar-refractivity contribution in [3.8, 4) is 5.75 Å². The number of carbonyl (C=O) groups excluding carboxylic acids is 5. The van der Waals surface area contributed by atoms with Gasteiger partial charge in [-0.2, -0.15) is 0 Å². The third kappa shape index (κ3) is 10.5. The Balaban J connectivity index is 0.957. The maximum absolute atomic E-state index is 15.6. The van der Waals surface area contributed by atoms with E-state index in [4.69, 9.17) is 28.4 Å². The molecule has 7 aliphatic rings. The van der Waals surface area contributed by atoms with Gasteiger partial charge in [0.2, 0.25) is 5.91 Å². The first-order valence-corrected chi connectivity index (χ1v) is 29.6. The zero-order valence-electron chi connectivity index (χ0n) is 49.1. The van der Waals surface area contributed by atoms with E-state index in [1.54, 1.807) is 7.11 Å². The van der Waals surface area contributed by atoms with Gasteiger partial charge in [-0.3, -0.25) is 29.0 Å². The number of nitrogens with zero attached hydrogens (tertiary/aromatic N) is 3. The van der Waals surface area contributed by atoms with Crippen LogP contribution in [0.1, 0.15) is 121 Å². The molecule has 82 heavy (non-hydrogen) atoms. The fourth-order valence-corrected chi connectivity index (χ4v) is 15.8. The van der Waals surface area contributed by atoms with Crippen LogP contribution in [0.4, 0.5) is 5.69 Å². The number of piperidine rings is 1. The van der Waals surface area contributed by atoms with Crippen molar-refractivity contribution in [2.24, 2.45) is 11.3 Å². The van der Waals surface area contributed by atoms with Crippen molar-refractivity contribution in [2.45, 2.75) is 163 Å². The maximum Gasteiger partial charge on any atom is 0.328 e. The molecule has 5 heterocycles. The number of anilines is 1. The van der Waals surface area contributed by atoms with Crippen LogP contribution in [0.15, 0.2) is 54.1 Å². The minimum absolute atomic E-state index is 0.0242. The van der Waals surface area contributed by atoms with Crippen molar-refractivity contribution < 1.29 is 72.8 Å². The maximum atomic E-state index is 15.6. The molecule has 2 aliphatic carbocycles. The first-order chi connectivity index (χ1) is 39.3. The van der Waals surface area contributed by atoms with Gasteiger partial charge < -0.3 is 64.4 Å². The Hall–Kier alpha value is -5.45. The summed E-state index contributed by atoms with van der Waals surface area (Å²) in [6.07, 6.45) is 5.40. The van der Waals surface area contributed by atoms with Gasteiger partial charge in [0.1, 0.15) is 29.9 Å². The number of likely N-dealkylation sites (N-methyl/N-ethyl adjacent to an activating group) is 1. The topological polar surface area (TPSA) is 255 Å². The number of methoxy groups -OCH3 is 3. The molecule has 5 aliphatic heterocycles. The summed E-state index contributed by atoms with van der Waals surface area (Å²) in [5, 5.41) is 53.6. The SMILES string of the molecule is CCC(COC(=O)CCCC(=O)N[C@H](C)C(=O)OCCCNC(=O)[C@]1(O)C2N(C)c3cc(OC)c([C@@]4(C(=O)OC)CC5C[N@](CCC6=C4Cc4ccccc46)CC(O)(CC)C5)cc3[C@@]23CCN2CC=C[C@](CC)(C23)[C@H]1O)OC(CO)OC. The second-order valence-electron chi connectivity index (χ2n) is 24.0. The van der Waals surface area contributed by atoms with Gasteiger partial charge >= 0.3 is 17.9 Å². The zero-order valence-corrected chi connectivity index (χ0v) is 49.1. The first-order valence-electron chi connectivity index (χ1n) is 29.6. The number of aliphatic hydroxyl groups excluding tert-OH is 2. The van der Waals surface area contributed by atoms with Gasteiger partial charge in [0.25, 0.3) is 5.91 Å². The molecule has 20 heteroatoms. The van der Waals surface area contributed by atoms with Crippen LogP contribution >= 0.6 is 0 Å². The lowest BCUT2D eigenvalue weighted by molar-refractivity contribution is -0.203. The van der Waals surface area contributed by atoms with E-state index in [-0.39, 0.29) is 64.0 Å². The van der Waals surface area contributed by atoms with Crippen molar-refractivity contribution in [2.75, 3.05) is 92.4 Å². The number of ether oxygens (including phenoxy) is 6. The quantitative estimate of drug-likeness (QED) is 0.0306. The molecule has 0 aromatic heterocycles. The number of benzene rings is 2. The zero-order chi connectivity index (χ0) is 58.9. The molecule has 20 nitrogen and oxygen atoms in total. The fraction of sp³-hybridized carbons (Fsp3) is 0.661. The van der Waals surface area contributed by atoms with Crippen LogP contribution in [0.3, 0.4) is 0 Å². The molecule has 450 valence electrons. The monoisotopic (exact) mass is 1140 g/mol. The molecule has 2 amide bonds. The summed E-state index contributed by atoms with van der Waals surface area (Å²) in [6, 6.07) is 10.0. The highest BCUT2D eigenvalue weighted by Crippen LogP contribution is 2.68. The molecule has 13 atom stereocenters. The van der Waals surface area contributed by atoms with E-state index in [9.17, 15) is 34.8 Å². The van der Waals surface area contributed by atoms with E-state index >= 15 is 9.59 Å². The van der Waals surface area contributed by atoms with Crippen molar-refractivity contribution >= 4 is 41.0 Å². The van der Waals surface area contributed by atoms with Crippen molar-refractivity contribution in [3.05, 3.63) is 76.4 Å². The number of nitrogens with one attached hydrogen (secondary N) is 2. The number of carbonyl (C=O) groups is 5. The lowest BCUT2D eigenvalue weighted by Gasteiger charge is -2.63. The van der Waals surface area contributed by atoms with Crippen LogP contribution in [-0.4, -0.2) is 195 Å². The largest absolute Gasteiger partial charge is 0.496 e. The Kier molecular flexibility index (Phi) is 18.4. The molecule has 2 saturated heterocycles. The molecule has 2 aromatic carbocycles. The van der Waals surface area contributed by atoms with E-state index in [1.807, 2.05) is 63.1 Å². The number of rotatable bonds is 23. The Morgan fingerprint density at radius 1 is 0.927 bits per heavy atom. The summed E-state index contributed by atoms with van der Waals surface area (Å²) in [5.74, 6) is -2.54. The van der Waals surface area contributed by atoms with Crippen LogP contribution in [-0.2, 0) is 64.9 Å². The molecule has 1 spiro atoms. The van der Waals surface area contributed by atoms with Crippen molar-refractivity contribution in [1.29, 1.82) is 0 Å². The second-order valence-corrected chi connectivity index (χ2v) is 24.0. The minimum atomic E-state index is -2.41. The van der Waals surface area contributed by atoms with Crippen LogP contribution < -0.4 is 20.3 Å². The number of hydrogen-bond donors (Lipinski definition) is 6. The summed E-state index contributed by atoms with van der Waals surface area (Å²) in [6.45, 7) is 9.96. The van der Waals surface area contributed by atoms with Crippen molar-refractivity contribution in [1.82, 2.24) is 20.4 Å². The van der Waals surface area contributed by atoms with E-state index in [0.717, 1.165) is 27.8 Å². The van der Waals surface area contributed by atoms with Gasteiger partial charge in [-0.05, 0) is 117 Å². The number of hydrogen-bond acceptors (Lipinski definition) is 18. The van der Waals surface area contributed by atoms with Gasteiger partial charge in [0.15, 0.2) is 11.9 Å². The molecule has 3 fully saturated rings. The highest BCUT2D eigenvalue weighted by Gasteiger charge is 2.78. The molecular formula is C62H87N5O15. The summed E-state index contributed by atoms with van der Waals surface area (Å²) in [5.41, 5.74) is -0.324. The fourth-order valence-electron chi connectivity index (χ4n) is 15.8. The number of fused-ring (bicyclic) bond motifs is 5.